The van der Waals surface area contributed by atoms with Crippen LogP contribution >= 0.6 is 0 Å². The molecule has 1 saturated heterocycles. The zero-order chi connectivity index (χ0) is 14.1. The summed E-state index contributed by atoms with van der Waals surface area (Å²) in [6.07, 6.45) is -0.618. The summed E-state index contributed by atoms with van der Waals surface area (Å²) >= 11 is 0. The first-order valence-electron chi connectivity index (χ1n) is 6.19. The molecule has 0 bridgehead atoms. The Bertz CT molecular complexity index is 646. The largest absolute Gasteiger partial charge is 0.391 e. The number of hydrogen-bond acceptors (Lipinski definition) is 6. The molecule has 1 aromatic carbocycles. The minimum Gasteiger partial charge on any atom is -0.391 e. The van der Waals surface area contributed by atoms with Gasteiger partial charge in [-0.3, -0.25) is 9.69 Å². The third kappa shape index (κ3) is 2.30. The van der Waals surface area contributed by atoms with E-state index in [4.69, 9.17) is 5.73 Å². The highest BCUT2D eigenvalue weighted by Gasteiger charge is 2.31. The lowest BCUT2D eigenvalue weighted by Crippen LogP contribution is -2.28. The van der Waals surface area contributed by atoms with E-state index >= 15 is 0 Å². The molecular weight excluding hydrogens is 258 g/mol. The lowest BCUT2D eigenvalue weighted by molar-refractivity contribution is -0.117. The number of aliphatic hydroxyl groups excluding tert-OH is 1. The number of hydrogen-bond donors (Lipinski definition) is 2. The van der Waals surface area contributed by atoms with Crippen LogP contribution in [0.1, 0.15) is 6.42 Å². The monoisotopic (exact) mass is 271 g/mol. The number of nitrogen functional groups attached to an aromatic ring is 1. The predicted octanol–water partition coefficient (Wildman–Crippen LogP) is 0.218. The highest BCUT2D eigenvalue weighted by atomic mass is 16.3. The zero-order valence-corrected chi connectivity index (χ0v) is 10.6. The Kier molecular flexibility index (Phi) is 3.03. The fourth-order valence-corrected chi connectivity index (χ4v) is 2.10. The molecule has 1 aliphatic heterocycles. The van der Waals surface area contributed by atoms with Gasteiger partial charge in [-0.25, -0.2) is 0 Å². The first kappa shape index (κ1) is 12.5. The molecule has 20 heavy (non-hydrogen) atoms. The van der Waals surface area contributed by atoms with Gasteiger partial charge in [0, 0.05) is 5.56 Å². The number of β-amino-alcohol motifs (C(OH)–C–C–N with tert-alkyl or cyclic N) is 1. The Morgan fingerprint density at radius 1 is 1.20 bits per heavy atom. The van der Waals surface area contributed by atoms with Crippen molar-refractivity contribution >= 4 is 17.8 Å². The molecule has 2 heterocycles. The van der Waals surface area contributed by atoms with Crippen LogP contribution in [0.3, 0.4) is 0 Å². The van der Waals surface area contributed by atoms with Gasteiger partial charge in [-0.2, -0.15) is 15.0 Å². The summed E-state index contributed by atoms with van der Waals surface area (Å²) in [6, 6.07) is 9.30. The highest BCUT2D eigenvalue weighted by Crippen LogP contribution is 2.22. The molecule has 1 amide bonds. The van der Waals surface area contributed by atoms with E-state index in [1.165, 1.54) is 4.90 Å². The Morgan fingerprint density at radius 2 is 1.95 bits per heavy atom. The van der Waals surface area contributed by atoms with Gasteiger partial charge in [-0.15, -0.1) is 0 Å². The number of nitrogens with zero attached hydrogens (tertiary/aromatic N) is 4. The van der Waals surface area contributed by atoms with Crippen molar-refractivity contribution in [1.29, 1.82) is 0 Å². The lowest BCUT2D eigenvalue weighted by Gasteiger charge is -2.14. The van der Waals surface area contributed by atoms with E-state index < -0.39 is 6.10 Å². The molecule has 1 aromatic heterocycles. The summed E-state index contributed by atoms with van der Waals surface area (Å²) in [5.41, 5.74) is 6.47. The van der Waals surface area contributed by atoms with Crippen LogP contribution < -0.4 is 10.6 Å². The lowest BCUT2D eigenvalue weighted by atomic mass is 10.2. The first-order valence-corrected chi connectivity index (χ1v) is 6.19. The van der Waals surface area contributed by atoms with E-state index in [0.29, 0.717) is 5.82 Å². The molecule has 102 valence electrons. The van der Waals surface area contributed by atoms with Gasteiger partial charge in [0.2, 0.25) is 17.8 Å². The van der Waals surface area contributed by atoms with Crippen molar-refractivity contribution < 1.29 is 9.90 Å². The molecular formula is C13H13N5O2. The molecule has 3 rings (SSSR count). The van der Waals surface area contributed by atoms with Crippen LogP contribution in [0.5, 0.6) is 0 Å². The van der Waals surface area contributed by atoms with Gasteiger partial charge < -0.3 is 10.8 Å². The van der Waals surface area contributed by atoms with Gasteiger partial charge in [-0.05, 0) is 0 Å². The molecule has 2 aromatic rings. The number of aliphatic hydroxyl groups is 1. The zero-order valence-electron chi connectivity index (χ0n) is 10.6. The second kappa shape index (κ2) is 4.86. The summed E-state index contributed by atoms with van der Waals surface area (Å²) in [5.74, 6) is 0.408. The SMILES string of the molecule is Nc1nc(-c2ccccc2)nc(N2CC(O)CC2=O)n1. The van der Waals surface area contributed by atoms with E-state index in [0.717, 1.165) is 5.56 Å². The van der Waals surface area contributed by atoms with E-state index in [-0.39, 0.29) is 30.8 Å². The fourth-order valence-electron chi connectivity index (χ4n) is 2.10. The van der Waals surface area contributed by atoms with Crippen molar-refractivity contribution in [3.63, 3.8) is 0 Å². The Balaban J connectivity index is 2.01. The van der Waals surface area contributed by atoms with Crippen LogP contribution in [0.15, 0.2) is 30.3 Å². The van der Waals surface area contributed by atoms with Crippen molar-refractivity contribution in [3.05, 3.63) is 30.3 Å². The van der Waals surface area contributed by atoms with Gasteiger partial charge in [-0.1, -0.05) is 30.3 Å². The van der Waals surface area contributed by atoms with E-state index in [9.17, 15) is 9.90 Å². The molecule has 0 spiro atoms. The average Bonchev–Trinajstić information content (AvgIpc) is 2.78. The molecule has 1 unspecified atom stereocenters. The van der Waals surface area contributed by atoms with Crippen molar-refractivity contribution in [2.45, 2.75) is 12.5 Å². The highest BCUT2D eigenvalue weighted by molar-refractivity contribution is 5.94. The van der Waals surface area contributed by atoms with Crippen molar-refractivity contribution in [2.75, 3.05) is 17.2 Å². The van der Waals surface area contributed by atoms with Crippen LogP contribution in [0.4, 0.5) is 11.9 Å². The molecule has 1 fully saturated rings. The van der Waals surface area contributed by atoms with Crippen LogP contribution in [0.25, 0.3) is 11.4 Å². The summed E-state index contributed by atoms with van der Waals surface area (Å²) in [6.45, 7) is 0.177. The molecule has 0 aliphatic carbocycles. The Labute approximate surface area is 115 Å². The molecule has 7 heteroatoms. The quantitative estimate of drug-likeness (QED) is 0.809. The summed E-state index contributed by atoms with van der Waals surface area (Å²) in [7, 11) is 0. The van der Waals surface area contributed by atoms with Gasteiger partial charge >= 0.3 is 0 Å². The molecule has 1 atom stereocenters. The Morgan fingerprint density at radius 3 is 2.60 bits per heavy atom. The number of aromatic nitrogens is 3. The number of nitrogens with two attached hydrogens (primary N) is 1. The van der Waals surface area contributed by atoms with Crippen molar-refractivity contribution in [3.8, 4) is 11.4 Å². The number of carbonyl (C=O) groups excluding carboxylic acids is 1. The average molecular weight is 271 g/mol. The van der Waals surface area contributed by atoms with Crippen molar-refractivity contribution in [2.24, 2.45) is 0 Å². The first-order chi connectivity index (χ1) is 9.63. The number of rotatable bonds is 2. The third-order valence-corrected chi connectivity index (χ3v) is 3.02. The molecule has 0 radical (unpaired) electrons. The van der Waals surface area contributed by atoms with E-state index in [2.05, 4.69) is 15.0 Å². The molecule has 3 N–H and O–H groups in total. The number of anilines is 2. The van der Waals surface area contributed by atoms with Crippen molar-refractivity contribution in [1.82, 2.24) is 15.0 Å². The second-order valence-corrected chi connectivity index (χ2v) is 4.55. The standard InChI is InChI=1S/C13H13N5O2/c14-12-15-11(8-4-2-1-3-5-8)16-13(17-12)18-7-9(19)6-10(18)20/h1-5,9,19H,6-7H2,(H2,14,15,16,17). The topological polar surface area (TPSA) is 105 Å². The molecule has 1 aliphatic rings. The van der Waals surface area contributed by atoms with Crippen LogP contribution in [0, 0.1) is 0 Å². The molecule has 0 saturated carbocycles. The summed E-state index contributed by atoms with van der Waals surface area (Å²) in [5, 5.41) is 9.52. The maximum Gasteiger partial charge on any atom is 0.237 e. The Hall–Kier alpha value is -2.54. The van der Waals surface area contributed by atoms with Gasteiger partial charge in [0.25, 0.3) is 0 Å². The predicted molar refractivity (Wildman–Crippen MR) is 72.7 cm³/mol. The van der Waals surface area contributed by atoms with E-state index in [1.54, 1.807) is 0 Å². The summed E-state index contributed by atoms with van der Waals surface area (Å²) in [4.78, 5) is 25.4. The third-order valence-electron chi connectivity index (χ3n) is 3.02. The number of carbonyl (C=O) groups is 1. The van der Waals surface area contributed by atoms with Gasteiger partial charge in [0.05, 0.1) is 19.1 Å². The molecule has 7 nitrogen and oxygen atoms in total. The smallest absolute Gasteiger partial charge is 0.237 e. The summed E-state index contributed by atoms with van der Waals surface area (Å²) < 4.78 is 0. The minimum atomic E-state index is -0.694. The second-order valence-electron chi connectivity index (χ2n) is 4.55. The van der Waals surface area contributed by atoms with Crippen LogP contribution in [-0.4, -0.2) is 38.6 Å². The van der Waals surface area contributed by atoms with Crippen LogP contribution in [-0.2, 0) is 4.79 Å². The van der Waals surface area contributed by atoms with Gasteiger partial charge in [0.15, 0.2) is 5.82 Å². The maximum atomic E-state index is 11.8. The van der Waals surface area contributed by atoms with Crippen LogP contribution in [0.2, 0.25) is 0 Å². The van der Waals surface area contributed by atoms with E-state index in [1.807, 2.05) is 30.3 Å². The van der Waals surface area contributed by atoms with Gasteiger partial charge in [0.1, 0.15) is 0 Å². The minimum absolute atomic E-state index is 0.0445. The normalized spacial score (nSPS) is 18.6. The number of amides is 1. The maximum absolute atomic E-state index is 11.8. The fraction of sp³-hybridized carbons (Fsp3) is 0.231. The number of benzene rings is 1.